The van der Waals surface area contributed by atoms with Gasteiger partial charge in [-0.1, -0.05) is 40.3 Å². The zero-order valence-corrected chi connectivity index (χ0v) is 9.39. The van der Waals surface area contributed by atoms with Crippen molar-refractivity contribution in [3.8, 4) is 0 Å². The molecule has 0 aliphatic heterocycles. The molecule has 0 bridgehead atoms. The first-order valence-electron chi connectivity index (χ1n) is 4.58. The molecule has 0 radical (unpaired) electrons. The number of nitrogens with zero attached hydrogens (tertiary/aromatic N) is 1. The van der Waals surface area contributed by atoms with Crippen LogP contribution in [0.1, 0.15) is 41.5 Å². The Morgan fingerprint density at radius 1 is 1.17 bits per heavy atom. The molecule has 0 aromatic heterocycles. The fourth-order valence-electron chi connectivity index (χ4n) is 0.245. The molecule has 0 unspecified atom stereocenters. The van der Waals surface area contributed by atoms with E-state index in [1.54, 1.807) is 6.21 Å². The average Bonchev–Trinajstić information content (AvgIpc) is 2.20. The first kappa shape index (κ1) is 17.3. The van der Waals surface area contributed by atoms with Crippen LogP contribution in [0.2, 0.25) is 0 Å². The van der Waals surface area contributed by atoms with E-state index in [0.29, 0.717) is 0 Å². The van der Waals surface area contributed by atoms with Gasteiger partial charge in [0, 0.05) is 12.4 Å². The van der Waals surface area contributed by atoms with Gasteiger partial charge in [-0.15, -0.1) is 0 Å². The molecule has 0 spiro atoms. The molecule has 0 fully saturated rings. The minimum Gasteiger partial charge on any atom is -0.265 e. The molecule has 12 heavy (non-hydrogen) atoms. The Labute approximate surface area is 77.9 Å². The summed E-state index contributed by atoms with van der Waals surface area (Å²) in [6, 6.07) is 0. The molecule has 1 heteroatoms. The second-order valence-corrected chi connectivity index (χ2v) is 1.49. The third-order valence-corrected chi connectivity index (χ3v) is 0.839. The summed E-state index contributed by atoms with van der Waals surface area (Å²) in [6.45, 7) is 15.4. The highest BCUT2D eigenvalue weighted by molar-refractivity contribution is 5.77. The van der Waals surface area contributed by atoms with Crippen LogP contribution < -0.4 is 0 Å². The van der Waals surface area contributed by atoms with Crippen LogP contribution in [0.25, 0.3) is 0 Å². The van der Waals surface area contributed by atoms with Crippen molar-refractivity contribution in [3.05, 3.63) is 24.4 Å². The molecule has 0 saturated carbocycles. The van der Waals surface area contributed by atoms with Crippen LogP contribution in [-0.4, -0.2) is 6.21 Å². The SMILES string of the molecule is C=CN=C/C(C)=C\C.CC.CC. The second-order valence-electron chi connectivity index (χ2n) is 1.49. The van der Waals surface area contributed by atoms with Gasteiger partial charge in [0.25, 0.3) is 0 Å². The molecule has 0 aliphatic rings. The highest BCUT2D eigenvalue weighted by Gasteiger charge is 1.72. The Kier molecular flexibility index (Phi) is 32.4. The van der Waals surface area contributed by atoms with Crippen LogP contribution >= 0.6 is 0 Å². The van der Waals surface area contributed by atoms with Gasteiger partial charge in [-0.05, 0) is 19.4 Å². The van der Waals surface area contributed by atoms with Gasteiger partial charge in [0.1, 0.15) is 0 Å². The van der Waals surface area contributed by atoms with Crippen LogP contribution in [0.4, 0.5) is 0 Å². The average molecular weight is 169 g/mol. The summed E-state index contributed by atoms with van der Waals surface area (Å²) >= 11 is 0. The maximum Gasteiger partial charge on any atom is 0.0293 e. The van der Waals surface area contributed by atoms with Crippen molar-refractivity contribution in [3.63, 3.8) is 0 Å². The van der Waals surface area contributed by atoms with E-state index in [4.69, 9.17) is 0 Å². The lowest BCUT2D eigenvalue weighted by Gasteiger charge is -1.81. The predicted molar refractivity (Wildman–Crippen MR) is 60.8 cm³/mol. The van der Waals surface area contributed by atoms with Crippen molar-refractivity contribution in [2.45, 2.75) is 41.5 Å². The van der Waals surface area contributed by atoms with Crippen molar-refractivity contribution in [2.24, 2.45) is 4.99 Å². The standard InChI is InChI=1S/C7H11N.2C2H6/c1-4-7(3)6-8-5-2;2*1-2/h4-6H,2H2,1,3H3;2*1-2H3/b7-4-,8-6?;;. The normalized spacial score (nSPS) is 9.33. The molecule has 0 rings (SSSR count). The Balaban J connectivity index is -0.000000175. The summed E-state index contributed by atoms with van der Waals surface area (Å²) in [5.41, 5.74) is 1.16. The third kappa shape index (κ3) is 22.9. The summed E-state index contributed by atoms with van der Waals surface area (Å²) in [5.74, 6) is 0. The van der Waals surface area contributed by atoms with Crippen LogP contribution in [-0.2, 0) is 0 Å². The predicted octanol–water partition coefficient (Wildman–Crippen LogP) is 4.22. The number of hydrogen-bond donors (Lipinski definition) is 0. The van der Waals surface area contributed by atoms with Gasteiger partial charge in [0.2, 0.25) is 0 Å². The molecule has 0 aromatic carbocycles. The summed E-state index contributed by atoms with van der Waals surface area (Å²) < 4.78 is 0. The lowest BCUT2D eigenvalue weighted by molar-refractivity contribution is 1.50. The van der Waals surface area contributed by atoms with E-state index in [1.165, 1.54) is 6.20 Å². The van der Waals surface area contributed by atoms with Crippen LogP contribution in [0, 0.1) is 0 Å². The van der Waals surface area contributed by atoms with Gasteiger partial charge in [-0.25, -0.2) is 0 Å². The Morgan fingerprint density at radius 2 is 1.58 bits per heavy atom. The first-order chi connectivity index (χ1) is 5.81. The molecular formula is C11H23N. The van der Waals surface area contributed by atoms with E-state index >= 15 is 0 Å². The minimum atomic E-state index is 1.16. The van der Waals surface area contributed by atoms with E-state index in [1.807, 2.05) is 47.6 Å². The fraction of sp³-hybridized carbons (Fsp3) is 0.545. The highest BCUT2D eigenvalue weighted by Crippen LogP contribution is 1.84. The molecule has 0 amide bonds. The summed E-state index contributed by atoms with van der Waals surface area (Å²) in [5, 5.41) is 0. The maximum atomic E-state index is 3.81. The zero-order valence-electron chi connectivity index (χ0n) is 9.39. The van der Waals surface area contributed by atoms with Crippen molar-refractivity contribution >= 4 is 6.21 Å². The second kappa shape index (κ2) is 22.5. The van der Waals surface area contributed by atoms with Gasteiger partial charge in [-0.3, -0.25) is 4.99 Å². The third-order valence-electron chi connectivity index (χ3n) is 0.839. The molecule has 0 atom stereocenters. The van der Waals surface area contributed by atoms with Crippen molar-refractivity contribution in [1.29, 1.82) is 0 Å². The summed E-state index contributed by atoms with van der Waals surface area (Å²) in [6.07, 6.45) is 5.28. The van der Waals surface area contributed by atoms with Crippen molar-refractivity contribution < 1.29 is 0 Å². The topological polar surface area (TPSA) is 12.4 Å². The first-order valence-corrected chi connectivity index (χ1v) is 4.58. The zero-order chi connectivity index (χ0) is 10.4. The maximum absolute atomic E-state index is 3.81. The van der Waals surface area contributed by atoms with Crippen LogP contribution in [0.15, 0.2) is 29.4 Å². The lowest BCUT2D eigenvalue weighted by atomic mass is 10.3. The number of rotatable bonds is 2. The molecule has 72 valence electrons. The van der Waals surface area contributed by atoms with Crippen LogP contribution in [0.5, 0.6) is 0 Å². The van der Waals surface area contributed by atoms with Crippen LogP contribution in [0.3, 0.4) is 0 Å². The van der Waals surface area contributed by atoms with Crippen molar-refractivity contribution in [1.82, 2.24) is 0 Å². The molecule has 0 saturated heterocycles. The smallest absolute Gasteiger partial charge is 0.0293 e. The Hall–Kier alpha value is -0.850. The van der Waals surface area contributed by atoms with Gasteiger partial charge in [0.15, 0.2) is 0 Å². The fourth-order valence-corrected chi connectivity index (χ4v) is 0.245. The van der Waals surface area contributed by atoms with Gasteiger partial charge >= 0.3 is 0 Å². The minimum absolute atomic E-state index is 1.16. The van der Waals surface area contributed by atoms with E-state index in [-0.39, 0.29) is 0 Å². The number of allylic oxidation sites excluding steroid dienone is 2. The summed E-state index contributed by atoms with van der Waals surface area (Å²) in [7, 11) is 0. The molecule has 0 N–H and O–H groups in total. The highest BCUT2D eigenvalue weighted by atomic mass is 14.6. The quantitative estimate of drug-likeness (QED) is 0.549. The molecule has 1 nitrogen and oxygen atoms in total. The number of aliphatic imine (C=N–C) groups is 1. The monoisotopic (exact) mass is 169 g/mol. The van der Waals surface area contributed by atoms with Gasteiger partial charge < -0.3 is 0 Å². The van der Waals surface area contributed by atoms with E-state index in [9.17, 15) is 0 Å². The van der Waals surface area contributed by atoms with Crippen molar-refractivity contribution in [2.75, 3.05) is 0 Å². The Morgan fingerprint density at radius 3 is 1.83 bits per heavy atom. The molecule has 0 aliphatic carbocycles. The lowest BCUT2D eigenvalue weighted by Crippen LogP contribution is -1.71. The van der Waals surface area contributed by atoms with E-state index in [0.717, 1.165) is 5.57 Å². The molecule has 0 heterocycles. The summed E-state index contributed by atoms with van der Waals surface area (Å²) in [4.78, 5) is 3.81. The molecular weight excluding hydrogens is 146 g/mol. The largest absolute Gasteiger partial charge is 0.265 e. The van der Waals surface area contributed by atoms with E-state index < -0.39 is 0 Å². The van der Waals surface area contributed by atoms with E-state index in [2.05, 4.69) is 11.6 Å². The number of hydrogen-bond acceptors (Lipinski definition) is 1. The van der Waals surface area contributed by atoms with Gasteiger partial charge in [0.05, 0.1) is 0 Å². The Bertz CT molecular complexity index is 121. The van der Waals surface area contributed by atoms with Gasteiger partial charge in [-0.2, -0.15) is 0 Å². The molecule has 0 aromatic rings.